The van der Waals surface area contributed by atoms with Crippen LogP contribution in [0.25, 0.3) is 11.3 Å². The number of amides is 3. The SMILES string of the molecule is Cc1ccc(S(=O)(=O)C2CCCCN2Cc2ccnc(-c3ccc4c(c3)CN(C3CCC(=O)NC3=O)C4=O)c2)cc1. The third-order valence-corrected chi connectivity index (χ3v) is 10.5. The number of nitrogens with one attached hydrogen (secondary N) is 1. The Morgan fingerprint density at radius 1 is 0.976 bits per heavy atom. The molecule has 0 bridgehead atoms. The van der Waals surface area contributed by atoms with E-state index >= 15 is 0 Å². The average Bonchev–Trinajstić information content (AvgIpc) is 3.29. The summed E-state index contributed by atoms with van der Waals surface area (Å²) in [5.74, 6) is -0.960. The van der Waals surface area contributed by atoms with Crippen LogP contribution < -0.4 is 5.32 Å². The lowest BCUT2D eigenvalue weighted by Crippen LogP contribution is -2.52. The number of pyridine rings is 1. The van der Waals surface area contributed by atoms with Gasteiger partial charge in [-0.3, -0.25) is 29.6 Å². The van der Waals surface area contributed by atoms with Crippen LogP contribution in [-0.4, -0.2) is 58.9 Å². The van der Waals surface area contributed by atoms with Crippen molar-refractivity contribution in [2.24, 2.45) is 0 Å². The van der Waals surface area contributed by atoms with Crippen LogP contribution in [-0.2, 0) is 32.5 Å². The number of aryl methyl sites for hydroxylation is 1. The number of sulfone groups is 1. The molecule has 2 atom stereocenters. The molecule has 212 valence electrons. The highest BCUT2D eigenvalue weighted by atomic mass is 32.2. The quantitative estimate of drug-likeness (QED) is 0.449. The van der Waals surface area contributed by atoms with Crippen LogP contribution in [0.2, 0.25) is 0 Å². The number of carbonyl (C=O) groups is 3. The van der Waals surface area contributed by atoms with E-state index < -0.39 is 27.2 Å². The Morgan fingerprint density at radius 3 is 2.56 bits per heavy atom. The zero-order chi connectivity index (χ0) is 28.7. The highest BCUT2D eigenvalue weighted by Gasteiger charge is 2.39. The van der Waals surface area contributed by atoms with Crippen molar-refractivity contribution in [1.82, 2.24) is 20.1 Å². The van der Waals surface area contributed by atoms with Crippen molar-refractivity contribution in [2.75, 3.05) is 6.54 Å². The van der Waals surface area contributed by atoms with Gasteiger partial charge < -0.3 is 4.90 Å². The molecule has 3 aliphatic heterocycles. The molecular weight excluding hydrogens is 540 g/mol. The summed E-state index contributed by atoms with van der Waals surface area (Å²) in [5, 5.41) is 1.75. The highest BCUT2D eigenvalue weighted by Crippen LogP contribution is 2.32. The van der Waals surface area contributed by atoms with Gasteiger partial charge in [-0.05, 0) is 86.7 Å². The Bertz CT molecular complexity index is 1640. The molecule has 2 unspecified atom stereocenters. The molecule has 3 amide bonds. The van der Waals surface area contributed by atoms with Crippen molar-refractivity contribution in [2.45, 2.75) is 68.4 Å². The molecule has 2 saturated heterocycles. The number of hydrogen-bond acceptors (Lipinski definition) is 7. The van der Waals surface area contributed by atoms with E-state index in [9.17, 15) is 22.8 Å². The Hall–Kier alpha value is -3.89. The largest absolute Gasteiger partial charge is 0.322 e. The van der Waals surface area contributed by atoms with Gasteiger partial charge in [0.25, 0.3) is 5.91 Å². The lowest BCUT2D eigenvalue weighted by Gasteiger charge is -2.35. The molecular formula is C31H32N4O5S. The standard InChI is InChI=1S/C31H32N4O5S/c1-20-5-8-24(9-6-20)41(39,40)29-4-2-3-15-34(29)18-21-13-14-32-26(16-21)22-7-10-25-23(17-22)19-35(31(25)38)27-11-12-28(36)33-30(27)37/h5-10,13-14,16-17,27,29H,2-4,11-12,15,18-19H2,1H3,(H,33,36,37). The number of aromatic nitrogens is 1. The Morgan fingerprint density at radius 2 is 1.78 bits per heavy atom. The first kappa shape index (κ1) is 27.3. The van der Waals surface area contributed by atoms with Gasteiger partial charge in [0.1, 0.15) is 11.4 Å². The second-order valence-electron chi connectivity index (χ2n) is 11.1. The van der Waals surface area contributed by atoms with E-state index in [-0.39, 0.29) is 18.2 Å². The number of likely N-dealkylation sites (tertiary alicyclic amines) is 1. The average molecular weight is 573 g/mol. The van der Waals surface area contributed by atoms with Gasteiger partial charge in [-0.1, -0.05) is 23.8 Å². The molecule has 3 aliphatic rings. The number of fused-ring (bicyclic) bond motifs is 1. The molecule has 1 N–H and O–H groups in total. The normalized spacial score (nSPS) is 21.6. The number of carbonyl (C=O) groups excluding carboxylic acids is 3. The Balaban J connectivity index is 1.21. The van der Waals surface area contributed by atoms with E-state index in [1.54, 1.807) is 24.4 Å². The zero-order valence-electron chi connectivity index (χ0n) is 22.9. The molecule has 9 nitrogen and oxygen atoms in total. The van der Waals surface area contributed by atoms with Crippen molar-refractivity contribution in [1.29, 1.82) is 0 Å². The highest BCUT2D eigenvalue weighted by molar-refractivity contribution is 7.92. The molecule has 10 heteroatoms. The van der Waals surface area contributed by atoms with Crippen LogP contribution in [0, 0.1) is 6.92 Å². The summed E-state index contributed by atoms with van der Waals surface area (Å²) in [7, 11) is -3.52. The molecule has 0 saturated carbocycles. The lowest BCUT2D eigenvalue weighted by molar-refractivity contribution is -0.136. The topological polar surface area (TPSA) is 117 Å². The fourth-order valence-corrected chi connectivity index (χ4v) is 7.96. The summed E-state index contributed by atoms with van der Waals surface area (Å²) >= 11 is 0. The van der Waals surface area contributed by atoms with Gasteiger partial charge in [0.05, 0.1) is 10.6 Å². The summed E-state index contributed by atoms with van der Waals surface area (Å²) in [6, 6.07) is 15.8. The van der Waals surface area contributed by atoms with Gasteiger partial charge in [0.15, 0.2) is 9.84 Å². The third-order valence-electron chi connectivity index (χ3n) is 8.29. The fraction of sp³-hybridized carbons (Fsp3) is 0.355. The van der Waals surface area contributed by atoms with Crippen LogP contribution in [0.1, 0.15) is 59.2 Å². The van der Waals surface area contributed by atoms with Crippen LogP contribution >= 0.6 is 0 Å². The first-order valence-corrected chi connectivity index (χ1v) is 15.5. The summed E-state index contributed by atoms with van der Waals surface area (Å²) in [6.45, 7) is 3.42. The Kier molecular flexibility index (Phi) is 7.21. The smallest absolute Gasteiger partial charge is 0.255 e. The van der Waals surface area contributed by atoms with Crippen molar-refractivity contribution in [3.63, 3.8) is 0 Å². The van der Waals surface area contributed by atoms with Crippen LogP contribution in [0.5, 0.6) is 0 Å². The molecule has 0 aliphatic carbocycles. The van der Waals surface area contributed by atoms with Crippen LogP contribution in [0.15, 0.2) is 65.7 Å². The molecule has 1 aromatic heterocycles. The molecule has 0 radical (unpaired) electrons. The zero-order valence-corrected chi connectivity index (χ0v) is 23.7. The van der Waals surface area contributed by atoms with Crippen molar-refractivity contribution >= 4 is 27.6 Å². The molecule has 41 heavy (non-hydrogen) atoms. The van der Waals surface area contributed by atoms with Crippen molar-refractivity contribution in [3.8, 4) is 11.3 Å². The first-order valence-electron chi connectivity index (χ1n) is 14.0. The second kappa shape index (κ2) is 10.8. The minimum absolute atomic E-state index is 0.211. The molecule has 0 spiro atoms. The molecule has 2 fully saturated rings. The molecule has 4 heterocycles. The fourth-order valence-electron chi connectivity index (χ4n) is 6.08. The number of rotatable bonds is 6. The van der Waals surface area contributed by atoms with Crippen molar-refractivity contribution < 1.29 is 22.8 Å². The summed E-state index contributed by atoms with van der Waals surface area (Å²) in [5.41, 5.74) is 4.91. The number of piperidine rings is 2. The minimum Gasteiger partial charge on any atom is -0.322 e. The maximum absolute atomic E-state index is 13.6. The van der Waals surface area contributed by atoms with Crippen molar-refractivity contribution in [3.05, 3.63) is 83.0 Å². The van der Waals surface area contributed by atoms with Crippen LogP contribution in [0.3, 0.4) is 0 Å². The van der Waals surface area contributed by atoms with E-state index in [0.29, 0.717) is 42.9 Å². The first-order chi connectivity index (χ1) is 19.7. The van der Waals surface area contributed by atoms with E-state index in [4.69, 9.17) is 0 Å². The maximum atomic E-state index is 13.6. The Labute approximate surface area is 239 Å². The third kappa shape index (κ3) is 5.29. The number of imide groups is 1. The lowest BCUT2D eigenvalue weighted by atomic mass is 10.0. The van der Waals surface area contributed by atoms with Gasteiger partial charge in [0.2, 0.25) is 11.8 Å². The number of nitrogens with zero attached hydrogens (tertiary/aromatic N) is 3. The maximum Gasteiger partial charge on any atom is 0.255 e. The summed E-state index contributed by atoms with van der Waals surface area (Å²) in [6.07, 6.45) is 4.67. The predicted octanol–water partition coefficient (Wildman–Crippen LogP) is 3.60. The van der Waals surface area contributed by atoms with E-state index in [1.165, 1.54) is 4.90 Å². The van der Waals surface area contributed by atoms with Gasteiger partial charge >= 0.3 is 0 Å². The molecule has 2 aromatic carbocycles. The van der Waals surface area contributed by atoms with Gasteiger partial charge in [-0.2, -0.15) is 0 Å². The van der Waals surface area contributed by atoms with Gasteiger partial charge in [-0.25, -0.2) is 8.42 Å². The second-order valence-corrected chi connectivity index (χ2v) is 13.2. The van der Waals surface area contributed by atoms with E-state index in [2.05, 4.69) is 15.2 Å². The molecule has 6 rings (SSSR count). The summed E-state index contributed by atoms with van der Waals surface area (Å²) in [4.78, 5) is 45.5. The van der Waals surface area contributed by atoms with Crippen LogP contribution in [0.4, 0.5) is 0 Å². The summed E-state index contributed by atoms with van der Waals surface area (Å²) < 4.78 is 27.1. The van der Waals surface area contributed by atoms with E-state index in [0.717, 1.165) is 40.8 Å². The molecule has 3 aromatic rings. The number of benzene rings is 2. The number of hydrogen-bond donors (Lipinski definition) is 1. The minimum atomic E-state index is -3.52. The predicted molar refractivity (Wildman–Crippen MR) is 152 cm³/mol. The van der Waals surface area contributed by atoms with Gasteiger partial charge in [-0.15, -0.1) is 0 Å². The van der Waals surface area contributed by atoms with Gasteiger partial charge in [0, 0.05) is 36.8 Å². The van der Waals surface area contributed by atoms with E-state index in [1.807, 2.05) is 43.3 Å². The monoisotopic (exact) mass is 572 g/mol.